The van der Waals surface area contributed by atoms with Crippen molar-refractivity contribution in [2.24, 2.45) is 5.92 Å². The molecule has 2 rings (SSSR count). The Balaban J connectivity index is 1.52. The minimum absolute atomic E-state index is 0.375. The van der Waals surface area contributed by atoms with Gasteiger partial charge in [0.05, 0.1) is 0 Å². The van der Waals surface area contributed by atoms with Gasteiger partial charge in [-0.3, -0.25) is 0 Å². The molecular formula is C14H28N2O. The van der Waals surface area contributed by atoms with Crippen molar-refractivity contribution in [3.8, 4) is 0 Å². The second-order valence-electron chi connectivity index (χ2n) is 5.70. The Morgan fingerprint density at radius 1 is 0.882 bits per heavy atom. The highest BCUT2D eigenvalue weighted by atomic mass is 16.3. The Hall–Kier alpha value is -0.120. The summed E-state index contributed by atoms with van der Waals surface area (Å²) < 4.78 is 0. The zero-order valence-corrected chi connectivity index (χ0v) is 11.1. The van der Waals surface area contributed by atoms with E-state index in [0.717, 1.165) is 12.3 Å². The second kappa shape index (κ2) is 7.34. The summed E-state index contributed by atoms with van der Waals surface area (Å²) >= 11 is 0. The highest BCUT2D eigenvalue weighted by molar-refractivity contribution is 4.73. The van der Waals surface area contributed by atoms with Gasteiger partial charge in [0.2, 0.25) is 0 Å². The van der Waals surface area contributed by atoms with Gasteiger partial charge < -0.3 is 14.9 Å². The summed E-state index contributed by atoms with van der Waals surface area (Å²) in [6.07, 6.45) is 7.76. The van der Waals surface area contributed by atoms with Gasteiger partial charge in [0.1, 0.15) is 0 Å². The largest absolute Gasteiger partial charge is 0.396 e. The fourth-order valence-electron chi connectivity index (χ4n) is 3.21. The molecule has 0 aromatic heterocycles. The Labute approximate surface area is 106 Å². The lowest BCUT2D eigenvalue weighted by atomic mass is 9.94. The van der Waals surface area contributed by atoms with Crippen LogP contribution in [-0.2, 0) is 0 Å². The van der Waals surface area contributed by atoms with E-state index in [1.54, 1.807) is 0 Å². The van der Waals surface area contributed by atoms with E-state index in [1.165, 1.54) is 71.4 Å². The average Bonchev–Trinajstić information content (AvgIpc) is 2.85. The van der Waals surface area contributed by atoms with E-state index in [0.29, 0.717) is 6.61 Å². The van der Waals surface area contributed by atoms with E-state index in [9.17, 15) is 0 Å². The van der Waals surface area contributed by atoms with Crippen LogP contribution < -0.4 is 0 Å². The van der Waals surface area contributed by atoms with Crippen LogP contribution in [0.2, 0.25) is 0 Å². The molecule has 100 valence electrons. The lowest BCUT2D eigenvalue weighted by Gasteiger charge is -2.32. The molecule has 17 heavy (non-hydrogen) atoms. The molecule has 0 aromatic carbocycles. The van der Waals surface area contributed by atoms with Gasteiger partial charge in [-0.1, -0.05) is 0 Å². The first-order valence-electron chi connectivity index (χ1n) is 7.44. The number of likely N-dealkylation sites (tertiary alicyclic amines) is 2. The Kier molecular flexibility index (Phi) is 5.75. The second-order valence-corrected chi connectivity index (χ2v) is 5.70. The molecular weight excluding hydrogens is 212 g/mol. The monoisotopic (exact) mass is 240 g/mol. The number of aliphatic hydroxyl groups is 1. The number of piperidine rings is 1. The van der Waals surface area contributed by atoms with E-state index in [1.807, 2.05) is 0 Å². The standard InChI is InChI=1S/C14H28N2O/c17-13-6-14-4-11-16(12-5-14)10-3-9-15-7-1-2-8-15/h14,17H,1-13H2. The van der Waals surface area contributed by atoms with Crippen molar-refractivity contribution in [1.82, 2.24) is 9.80 Å². The van der Waals surface area contributed by atoms with Gasteiger partial charge in [0.25, 0.3) is 0 Å². The van der Waals surface area contributed by atoms with E-state index >= 15 is 0 Å². The number of hydrogen-bond donors (Lipinski definition) is 1. The van der Waals surface area contributed by atoms with Crippen molar-refractivity contribution < 1.29 is 5.11 Å². The average molecular weight is 240 g/mol. The van der Waals surface area contributed by atoms with Crippen molar-refractivity contribution >= 4 is 0 Å². The zero-order chi connectivity index (χ0) is 11.9. The van der Waals surface area contributed by atoms with Gasteiger partial charge in [0, 0.05) is 6.61 Å². The molecule has 0 aliphatic carbocycles. The molecule has 0 bridgehead atoms. The van der Waals surface area contributed by atoms with Crippen molar-refractivity contribution in [3.63, 3.8) is 0 Å². The Morgan fingerprint density at radius 2 is 1.47 bits per heavy atom. The molecule has 0 aromatic rings. The third-order valence-electron chi connectivity index (χ3n) is 4.39. The third-order valence-corrected chi connectivity index (χ3v) is 4.39. The fraction of sp³-hybridized carbons (Fsp3) is 1.00. The van der Waals surface area contributed by atoms with Crippen LogP contribution in [0.5, 0.6) is 0 Å². The summed E-state index contributed by atoms with van der Waals surface area (Å²) in [6, 6.07) is 0. The van der Waals surface area contributed by atoms with Crippen LogP contribution in [0.3, 0.4) is 0 Å². The Morgan fingerprint density at radius 3 is 2.06 bits per heavy atom. The first-order chi connectivity index (χ1) is 8.38. The number of rotatable bonds is 6. The van der Waals surface area contributed by atoms with Crippen molar-refractivity contribution in [1.29, 1.82) is 0 Å². The van der Waals surface area contributed by atoms with Crippen LogP contribution in [0, 0.1) is 5.92 Å². The van der Waals surface area contributed by atoms with Gasteiger partial charge in [-0.15, -0.1) is 0 Å². The van der Waals surface area contributed by atoms with Crippen LogP contribution in [0.1, 0.15) is 38.5 Å². The predicted octanol–water partition coefficient (Wildman–Crippen LogP) is 1.57. The summed E-state index contributed by atoms with van der Waals surface area (Å²) in [5, 5.41) is 8.93. The zero-order valence-electron chi connectivity index (χ0n) is 11.1. The molecule has 3 nitrogen and oxygen atoms in total. The summed E-state index contributed by atoms with van der Waals surface area (Å²) in [6.45, 7) is 8.13. The van der Waals surface area contributed by atoms with Crippen LogP contribution in [0.25, 0.3) is 0 Å². The first kappa shape index (κ1) is 13.3. The summed E-state index contributed by atoms with van der Waals surface area (Å²) in [5.41, 5.74) is 0. The maximum atomic E-state index is 8.93. The maximum absolute atomic E-state index is 8.93. The number of nitrogens with zero attached hydrogens (tertiary/aromatic N) is 2. The van der Waals surface area contributed by atoms with Crippen molar-refractivity contribution in [2.75, 3.05) is 45.9 Å². The smallest absolute Gasteiger partial charge is 0.0433 e. The van der Waals surface area contributed by atoms with Gasteiger partial charge >= 0.3 is 0 Å². The quantitative estimate of drug-likeness (QED) is 0.763. The van der Waals surface area contributed by atoms with Crippen molar-refractivity contribution in [2.45, 2.75) is 38.5 Å². The molecule has 0 radical (unpaired) electrons. The molecule has 2 aliphatic rings. The van der Waals surface area contributed by atoms with Crippen LogP contribution in [0.4, 0.5) is 0 Å². The normalized spacial score (nSPS) is 24.5. The first-order valence-corrected chi connectivity index (χ1v) is 7.44. The lowest BCUT2D eigenvalue weighted by Crippen LogP contribution is -2.36. The number of aliphatic hydroxyl groups excluding tert-OH is 1. The van der Waals surface area contributed by atoms with Gasteiger partial charge in [0.15, 0.2) is 0 Å². The molecule has 0 unspecified atom stereocenters. The summed E-state index contributed by atoms with van der Waals surface area (Å²) in [4.78, 5) is 5.22. The highest BCUT2D eigenvalue weighted by Gasteiger charge is 2.18. The summed E-state index contributed by atoms with van der Waals surface area (Å²) in [7, 11) is 0. The lowest BCUT2D eigenvalue weighted by molar-refractivity contribution is 0.153. The Bertz CT molecular complexity index is 196. The molecule has 0 amide bonds. The molecule has 0 saturated carbocycles. The van der Waals surface area contributed by atoms with Crippen molar-refractivity contribution in [3.05, 3.63) is 0 Å². The molecule has 2 saturated heterocycles. The van der Waals surface area contributed by atoms with E-state index in [2.05, 4.69) is 9.80 Å². The number of hydrogen-bond acceptors (Lipinski definition) is 3. The topological polar surface area (TPSA) is 26.7 Å². The van der Waals surface area contributed by atoms with E-state index in [4.69, 9.17) is 5.11 Å². The molecule has 2 heterocycles. The van der Waals surface area contributed by atoms with Gasteiger partial charge in [-0.2, -0.15) is 0 Å². The minimum atomic E-state index is 0.375. The molecule has 0 atom stereocenters. The molecule has 2 aliphatic heterocycles. The maximum Gasteiger partial charge on any atom is 0.0433 e. The fourth-order valence-corrected chi connectivity index (χ4v) is 3.21. The summed E-state index contributed by atoms with van der Waals surface area (Å²) in [5.74, 6) is 0.787. The van der Waals surface area contributed by atoms with Crippen LogP contribution in [-0.4, -0.2) is 60.8 Å². The predicted molar refractivity (Wildman–Crippen MR) is 71.2 cm³/mol. The molecule has 2 fully saturated rings. The third kappa shape index (κ3) is 4.57. The van der Waals surface area contributed by atoms with Gasteiger partial charge in [-0.05, 0) is 83.7 Å². The van der Waals surface area contributed by atoms with E-state index in [-0.39, 0.29) is 0 Å². The SMILES string of the molecule is OCCC1CCN(CCCN2CCCC2)CC1. The molecule has 1 N–H and O–H groups in total. The van der Waals surface area contributed by atoms with Crippen LogP contribution >= 0.6 is 0 Å². The highest BCUT2D eigenvalue weighted by Crippen LogP contribution is 2.20. The van der Waals surface area contributed by atoms with E-state index < -0.39 is 0 Å². The molecule has 0 spiro atoms. The van der Waals surface area contributed by atoms with Crippen LogP contribution in [0.15, 0.2) is 0 Å². The minimum Gasteiger partial charge on any atom is -0.396 e. The van der Waals surface area contributed by atoms with Gasteiger partial charge in [-0.25, -0.2) is 0 Å². The molecule has 3 heteroatoms.